The van der Waals surface area contributed by atoms with Crippen molar-refractivity contribution in [3.8, 4) is 0 Å². The van der Waals surface area contributed by atoms with E-state index >= 15 is 0 Å². The second-order valence-electron chi connectivity index (χ2n) is 3.44. The van der Waals surface area contributed by atoms with E-state index in [9.17, 15) is 0 Å². The van der Waals surface area contributed by atoms with Crippen molar-refractivity contribution in [1.29, 1.82) is 0 Å². The molecule has 0 N–H and O–H groups in total. The smallest absolute Gasteiger partial charge is 0.0384 e. The van der Waals surface area contributed by atoms with Gasteiger partial charge in [0.05, 0.1) is 0 Å². The van der Waals surface area contributed by atoms with Gasteiger partial charge < -0.3 is 0 Å². The number of rotatable bonds is 2. The zero-order valence-electron chi connectivity index (χ0n) is 7.54. The fourth-order valence-electron chi connectivity index (χ4n) is 1.14. The van der Waals surface area contributed by atoms with Crippen LogP contribution in [0, 0.1) is 0 Å². The molecule has 0 aliphatic rings. The third-order valence-corrected chi connectivity index (χ3v) is 4.71. The Balaban J connectivity index is 2.77. The number of benzene rings is 1. The zero-order chi connectivity index (χ0) is 8.27. The molecule has 0 radical (unpaired) electrons. The summed E-state index contributed by atoms with van der Waals surface area (Å²) in [6.45, 7) is 7.14. The fraction of sp³-hybridized carbons (Fsp3) is 0.400. The van der Waals surface area contributed by atoms with Crippen LogP contribution in [0.4, 0.5) is 0 Å². The Morgan fingerprint density at radius 3 is 2.09 bits per heavy atom. The quantitative estimate of drug-likeness (QED) is 0.590. The normalized spacial score (nSPS) is 13.5. The van der Waals surface area contributed by atoms with E-state index in [1.54, 1.807) is 0 Å². The molecule has 1 heteroatoms. The highest BCUT2D eigenvalue weighted by Crippen LogP contribution is 2.16. The first-order valence-corrected chi connectivity index (χ1v) is 7.24. The molecule has 0 aliphatic carbocycles. The summed E-state index contributed by atoms with van der Waals surface area (Å²) in [5, 5.41) is 0. The molecule has 0 fully saturated rings. The summed E-state index contributed by atoms with van der Waals surface area (Å²) in [5.41, 5.74) is 2.32. The highest BCUT2D eigenvalue weighted by atomic mass is 28.3. The first-order chi connectivity index (χ1) is 5.22. The van der Waals surface area contributed by atoms with Crippen molar-refractivity contribution in [2.45, 2.75) is 25.6 Å². The van der Waals surface area contributed by atoms with Crippen molar-refractivity contribution in [2.24, 2.45) is 0 Å². The van der Waals surface area contributed by atoms with Crippen LogP contribution in [0.2, 0.25) is 13.1 Å². The van der Waals surface area contributed by atoms with E-state index in [0.29, 0.717) is 0 Å². The van der Waals surface area contributed by atoms with Gasteiger partial charge >= 0.3 is 0 Å². The molecule has 0 amide bonds. The number of hydrogen-bond acceptors (Lipinski definition) is 0. The molecule has 0 saturated carbocycles. The van der Waals surface area contributed by atoms with Crippen LogP contribution in [0.25, 0.3) is 0 Å². The third kappa shape index (κ3) is 2.19. The van der Waals surface area contributed by atoms with Crippen LogP contribution in [0.3, 0.4) is 0 Å². The van der Waals surface area contributed by atoms with Gasteiger partial charge in [0.25, 0.3) is 0 Å². The van der Waals surface area contributed by atoms with Crippen molar-refractivity contribution >= 4 is 8.80 Å². The Labute approximate surface area is 70.9 Å². The lowest BCUT2D eigenvalue weighted by atomic mass is 10.2. The summed E-state index contributed by atoms with van der Waals surface area (Å²) < 4.78 is 0. The minimum atomic E-state index is -0.491. The molecule has 0 aromatic heterocycles. The Morgan fingerprint density at radius 1 is 1.09 bits per heavy atom. The maximum atomic E-state index is 2.40. The monoisotopic (exact) mass is 164 g/mol. The third-order valence-electron chi connectivity index (χ3n) is 2.33. The van der Waals surface area contributed by atoms with Gasteiger partial charge in [-0.05, 0) is 11.1 Å². The van der Waals surface area contributed by atoms with E-state index < -0.39 is 8.80 Å². The van der Waals surface area contributed by atoms with E-state index in [2.05, 4.69) is 50.3 Å². The molecular formula is C10H16Si. The SMILES string of the molecule is C[C@H](c1ccccc1)[SiH](C)C. The Morgan fingerprint density at radius 2 is 1.64 bits per heavy atom. The minimum absolute atomic E-state index is 0.491. The summed E-state index contributed by atoms with van der Waals surface area (Å²) in [5.74, 6) is 0. The van der Waals surface area contributed by atoms with Crippen LogP contribution in [-0.4, -0.2) is 8.80 Å². The molecule has 0 nitrogen and oxygen atoms in total. The van der Waals surface area contributed by atoms with E-state index in [0.717, 1.165) is 5.54 Å². The van der Waals surface area contributed by atoms with Crippen molar-refractivity contribution in [2.75, 3.05) is 0 Å². The van der Waals surface area contributed by atoms with Crippen LogP contribution in [0.1, 0.15) is 18.0 Å². The van der Waals surface area contributed by atoms with Crippen LogP contribution >= 0.6 is 0 Å². The molecule has 0 aliphatic heterocycles. The van der Waals surface area contributed by atoms with Gasteiger partial charge in [-0.3, -0.25) is 0 Å². The lowest BCUT2D eigenvalue weighted by Gasteiger charge is -2.13. The lowest BCUT2D eigenvalue weighted by molar-refractivity contribution is 1.05. The molecule has 60 valence electrons. The predicted octanol–water partition coefficient (Wildman–Crippen LogP) is 2.82. The van der Waals surface area contributed by atoms with Gasteiger partial charge in [0, 0.05) is 8.80 Å². The van der Waals surface area contributed by atoms with Gasteiger partial charge in [-0.2, -0.15) is 0 Å². The predicted molar refractivity (Wildman–Crippen MR) is 53.7 cm³/mol. The molecule has 1 rings (SSSR count). The molecule has 0 spiro atoms. The Hall–Kier alpha value is -0.563. The summed E-state index contributed by atoms with van der Waals surface area (Å²) >= 11 is 0. The molecule has 0 unspecified atom stereocenters. The fourth-order valence-corrected chi connectivity index (χ4v) is 2.13. The molecule has 0 bridgehead atoms. The van der Waals surface area contributed by atoms with Gasteiger partial charge in [-0.15, -0.1) is 0 Å². The minimum Gasteiger partial charge on any atom is -0.0717 e. The van der Waals surface area contributed by atoms with Crippen LogP contribution < -0.4 is 0 Å². The maximum Gasteiger partial charge on any atom is 0.0384 e. The molecule has 11 heavy (non-hydrogen) atoms. The van der Waals surface area contributed by atoms with Crippen LogP contribution in [-0.2, 0) is 0 Å². The van der Waals surface area contributed by atoms with Crippen LogP contribution in [0.5, 0.6) is 0 Å². The van der Waals surface area contributed by atoms with E-state index in [4.69, 9.17) is 0 Å². The van der Waals surface area contributed by atoms with E-state index in [-0.39, 0.29) is 0 Å². The number of hydrogen-bond donors (Lipinski definition) is 0. The maximum absolute atomic E-state index is 2.40. The van der Waals surface area contributed by atoms with Crippen molar-refractivity contribution < 1.29 is 0 Å². The van der Waals surface area contributed by atoms with Crippen molar-refractivity contribution in [1.82, 2.24) is 0 Å². The average Bonchev–Trinajstić information content (AvgIpc) is 2.05. The second-order valence-corrected chi connectivity index (χ2v) is 6.93. The van der Waals surface area contributed by atoms with Gasteiger partial charge in [-0.25, -0.2) is 0 Å². The van der Waals surface area contributed by atoms with Gasteiger partial charge in [0.2, 0.25) is 0 Å². The summed E-state index contributed by atoms with van der Waals surface area (Å²) in [7, 11) is -0.491. The topological polar surface area (TPSA) is 0 Å². The van der Waals surface area contributed by atoms with E-state index in [1.807, 2.05) is 0 Å². The molecule has 0 heterocycles. The Kier molecular flexibility index (Phi) is 2.89. The Bertz CT molecular complexity index is 203. The second kappa shape index (κ2) is 3.72. The van der Waals surface area contributed by atoms with Crippen molar-refractivity contribution in [3.63, 3.8) is 0 Å². The van der Waals surface area contributed by atoms with Crippen molar-refractivity contribution in [3.05, 3.63) is 35.9 Å². The lowest BCUT2D eigenvalue weighted by Crippen LogP contribution is -2.11. The molecule has 1 aromatic rings. The molecule has 1 atom stereocenters. The highest BCUT2D eigenvalue weighted by Gasteiger charge is 2.09. The first kappa shape index (κ1) is 8.53. The summed E-state index contributed by atoms with van der Waals surface area (Å²) in [6.07, 6.45) is 0. The van der Waals surface area contributed by atoms with Gasteiger partial charge in [-0.1, -0.05) is 50.3 Å². The van der Waals surface area contributed by atoms with Gasteiger partial charge in [0.1, 0.15) is 0 Å². The summed E-state index contributed by atoms with van der Waals surface area (Å²) in [6, 6.07) is 10.8. The van der Waals surface area contributed by atoms with Gasteiger partial charge in [0.15, 0.2) is 0 Å². The first-order valence-electron chi connectivity index (χ1n) is 4.26. The molecular weight excluding hydrogens is 148 g/mol. The van der Waals surface area contributed by atoms with E-state index in [1.165, 1.54) is 5.56 Å². The standard InChI is InChI=1S/C10H16Si/c1-9(11(2)3)10-7-5-4-6-8-10/h4-9,11H,1-3H3/t9-/m1/s1. The summed E-state index contributed by atoms with van der Waals surface area (Å²) in [4.78, 5) is 0. The molecule has 0 saturated heterocycles. The average molecular weight is 164 g/mol. The molecule has 1 aromatic carbocycles. The van der Waals surface area contributed by atoms with Crippen LogP contribution in [0.15, 0.2) is 30.3 Å². The largest absolute Gasteiger partial charge is 0.0717 e. The zero-order valence-corrected chi connectivity index (χ0v) is 8.70. The highest BCUT2D eigenvalue weighted by molar-refractivity contribution is 6.57.